The average molecular weight is 324 g/mol. The molecule has 4 N–H and O–H groups in total. The number of hydrogen-bond acceptors (Lipinski definition) is 5. The van der Waals surface area contributed by atoms with Gasteiger partial charge in [0.1, 0.15) is 29.5 Å². The molecular weight excluding hydrogens is 315 g/mol. The van der Waals surface area contributed by atoms with E-state index in [1.54, 1.807) is 0 Å². The maximum Gasteiger partial charge on any atom is 0.177 e. The van der Waals surface area contributed by atoms with Crippen LogP contribution in [0.15, 0.2) is 12.1 Å². The highest BCUT2D eigenvalue weighted by Crippen LogP contribution is 2.43. The molecule has 0 radical (unpaired) electrons. The number of ether oxygens (including phenoxy) is 1. The van der Waals surface area contributed by atoms with Crippen LogP contribution in [0.2, 0.25) is 0 Å². The third kappa shape index (κ3) is 1.72. The highest BCUT2D eigenvalue weighted by Gasteiger charge is 2.36. The number of alkyl halides is 1. The van der Waals surface area contributed by atoms with Gasteiger partial charge in [-0.3, -0.25) is 0 Å². The first-order valence-electron chi connectivity index (χ1n) is 4.23. The molecule has 0 spiro atoms. The molecule has 1 aliphatic rings. The van der Waals surface area contributed by atoms with Crippen LogP contribution in [0.25, 0.3) is 0 Å². The minimum atomic E-state index is -1.21. The summed E-state index contributed by atoms with van der Waals surface area (Å²) in [4.78, 5) is 0. The molecule has 0 aromatic heterocycles. The van der Waals surface area contributed by atoms with Gasteiger partial charge in [0, 0.05) is 12.1 Å². The fourth-order valence-electron chi connectivity index (χ4n) is 1.50. The Balaban J connectivity index is 2.55. The molecule has 82 valence electrons. The third-order valence-electron chi connectivity index (χ3n) is 2.23. The molecule has 0 fully saturated rings. The van der Waals surface area contributed by atoms with Crippen molar-refractivity contribution in [3.8, 4) is 17.2 Å². The molecule has 1 aromatic carbocycles. The normalized spacial score (nSPS) is 29.4. The maximum absolute atomic E-state index is 9.70. The number of halogens is 1. The molecule has 0 amide bonds. The Kier molecular flexibility index (Phi) is 2.65. The van der Waals surface area contributed by atoms with Crippen molar-refractivity contribution in [1.82, 2.24) is 0 Å². The molecular formula is C9H9IO5. The van der Waals surface area contributed by atoms with Crippen molar-refractivity contribution in [1.29, 1.82) is 0 Å². The zero-order valence-corrected chi connectivity index (χ0v) is 9.62. The largest absolute Gasteiger partial charge is 0.508 e. The van der Waals surface area contributed by atoms with Gasteiger partial charge in [0.15, 0.2) is 4.11 Å². The Bertz CT molecular complexity index is 394. The second-order valence-electron chi connectivity index (χ2n) is 3.28. The van der Waals surface area contributed by atoms with Crippen LogP contribution in [-0.4, -0.2) is 30.6 Å². The molecule has 15 heavy (non-hydrogen) atoms. The summed E-state index contributed by atoms with van der Waals surface area (Å²) in [5.74, 6) is -0.261. The summed E-state index contributed by atoms with van der Waals surface area (Å²) in [6, 6.07) is 2.38. The van der Waals surface area contributed by atoms with Gasteiger partial charge < -0.3 is 25.2 Å². The highest BCUT2D eigenvalue weighted by molar-refractivity contribution is 14.1. The van der Waals surface area contributed by atoms with E-state index < -0.39 is 16.3 Å². The summed E-state index contributed by atoms with van der Waals surface area (Å²) in [5.41, 5.74) is 0.105. The Morgan fingerprint density at radius 2 is 1.87 bits per heavy atom. The van der Waals surface area contributed by atoms with Gasteiger partial charge in [-0.25, -0.2) is 0 Å². The monoisotopic (exact) mass is 324 g/mol. The van der Waals surface area contributed by atoms with Gasteiger partial charge in [-0.15, -0.1) is 0 Å². The highest BCUT2D eigenvalue weighted by atomic mass is 127. The van der Waals surface area contributed by atoms with Crippen LogP contribution in [0, 0.1) is 0 Å². The number of phenolic OH excluding ortho intramolecular Hbond substituents is 2. The van der Waals surface area contributed by atoms with E-state index in [0.29, 0.717) is 0 Å². The van der Waals surface area contributed by atoms with Gasteiger partial charge in [0.2, 0.25) is 0 Å². The van der Waals surface area contributed by atoms with Crippen molar-refractivity contribution >= 4 is 22.6 Å². The Morgan fingerprint density at radius 1 is 1.20 bits per heavy atom. The molecule has 0 unspecified atom stereocenters. The van der Waals surface area contributed by atoms with Crippen molar-refractivity contribution < 1.29 is 25.2 Å². The summed E-state index contributed by atoms with van der Waals surface area (Å²) >= 11 is 1.82. The minimum Gasteiger partial charge on any atom is -0.508 e. The van der Waals surface area contributed by atoms with Crippen molar-refractivity contribution in [3.63, 3.8) is 0 Å². The predicted molar refractivity (Wildman–Crippen MR) is 59.2 cm³/mol. The zero-order valence-electron chi connectivity index (χ0n) is 7.46. The first kappa shape index (κ1) is 10.8. The fraction of sp³-hybridized carbons (Fsp3) is 0.333. The van der Waals surface area contributed by atoms with Crippen molar-refractivity contribution in [2.75, 3.05) is 0 Å². The van der Waals surface area contributed by atoms with Gasteiger partial charge in [0.25, 0.3) is 0 Å². The summed E-state index contributed by atoms with van der Waals surface area (Å²) in [5, 5.41) is 37.9. The summed E-state index contributed by atoms with van der Waals surface area (Å²) in [7, 11) is 0. The zero-order chi connectivity index (χ0) is 11.2. The van der Waals surface area contributed by atoms with Crippen LogP contribution < -0.4 is 4.74 Å². The molecule has 0 bridgehead atoms. The minimum absolute atomic E-state index is 0.105. The number of hydrogen-bond donors (Lipinski definition) is 4. The van der Waals surface area contributed by atoms with Crippen LogP contribution in [0.3, 0.4) is 0 Å². The molecule has 0 saturated carbocycles. The summed E-state index contributed by atoms with van der Waals surface area (Å²) in [6.45, 7) is 0. The first-order valence-corrected chi connectivity index (χ1v) is 5.48. The molecule has 6 heteroatoms. The lowest BCUT2D eigenvalue weighted by Crippen LogP contribution is -2.36. The molecule has 1 aromatic rings. The third-order valence-corrected chi connectivity index (χ3v) is 3.22. The Morgan fingerprint density at radius 3 is 2.53 bits per heavy atom. The smallest absolute Gasteiger partial charge is 0.177 e. The molecule has 0 aliphatic carbocycles. The van der Waals surface area contributed by atoms with Crippen LogP contribution in [0.5, 0.6) is 17.2 Å². The van der Waals surface area contributed by atoms with Crippen LogP contribution in [0.1, 0.15) is 11.7 Å². The average Bonchev–Trinajstić information content (AvgIpc) is 2.13. The Labute approximate surface area is 99.1 Å². The van der Waals surface area contributed by atoms with Gasteiger partial charge in [-0.2, -0.15) is 0 Å². The van der Waals surface area contributed by atoms with E-state index in [1.165, 1.54) is 6.07 Å². The van der Waals surface area contributed by atoms with E-state index in [1.807, 2.05) is 22.6 Å². The number of aromatic hydroxyl groups is 2. The second-order valence-corrected chi connectivity index (χ2v) is 4.51. The quantitative estimate of drug-likeness (QED) is 0.416. The number of aliphatic hydroxyl groups excluding tert-OH is 2. The molecule has 3 atom stereocenters. The predicted octanol–water partition coefficient (Wildman–Crippen LogP) is 0.646. The van der Waals surface area contributed by atoms with E-state index in [0.717, 1.165) is 6.07 Å². The fourth-order valence-corrected chi connectivity index (χ4v) is 2.16. The number of aliphatic hydroxyl groups is 2. The molecule has 2 rings (SSSR count). The van der Waals surface area contributed by atoms with Gasteiger partial charge >= 0.3 is 0 Å². The first-order chi connectivity index (χ1) is 7.00. The summed E-state index contributed by atoms with van der Waals surface area (Å²) in [6.07, 6.45) is -2.32. The number of benzene rings is 1. The Hall–Kier alpha value is -0.730. The van der Waals surface area contributed by atoms with Gasteiger partial charge in [0.05, 0.1) is 5.56 Å². The lowest BCUT2D eigenvalue weighted by Gasteiger charge is -2.31. The van der Waals surface area contributed by atoms with Crippen molar-refractivity contribution in [2.24, 2.45) is 0 Å². The second kappa shape index (κ2) is 3.69. The van der Waals surface area contributed by atoms with Crippen LogP contribution >= 0.6 is 22.6 Å². The van der Waals surface area contributed by atoms with E-state index in [2.05, 4.69) is 0 Å². The molecule has 1 heterocycles. The maximum atomic E-state index is 9.70. The standard InChI is InChI=1S/C9H9IO5/c10-9-8(14)7(13)6-4(12)1-3(11)2-5(6)15-9/h1-2,7-9,11-14H/t7-,8-,9-/m0/s1. The van der Waals surface area contributed by atoms with E-state index in [9.17, 15) is 20.4 Å². The van der Waals surface area contributed by atoms with E-state index in [-0.39, 0.29) is 22.8 Å². The number of rotatable bonds is 0. The lowest BCUT2D eigenvalue weighted by molar-refractivity contribution is -0.0337. The number of phenols is 2. The molecule has 1 aliphatic heterocycles. The van der Waals surface area contributed by atoms with Crippen molar-refractivity contribution in [3.05, 3.63) is 17.7 Å². The van der Waals surface area contributed by atoms with Gasteiger partial charge in [-0.1, -0.05) is 0 Å². The number of fused-ring (bicyclic) bond motifs is 1. The van der Waals surface area contributed by atoms with Crippen LogP contribution in [-0.2, 0) is 0 Å². The summed E-state index contributed by atoms with van der Waals surface area (Å²) < 4.78 is 4.61. The molecule has 5 nitrogen and oxygen atoms in total. The van der Waals surface area contributed by atoms with E-state index in [4.69, 9.17) is 4.74 Å². The molecule has 0 saturated heterocycles. The SMILES string of the molecule is Oc1cc(O)c2c(c1)O[C@H](I)[C@@H](O)[C@H]2O. The lowest BCUT2D eigenvalue weighted by atomic mass is 10.00. The van der Waals surface area contributed by atoms with Crippen LogP contribution in [0.4, 0.5) is 0 Å². The van der Waals surface area contributed by atoms with Crippen molar-refractivity contribution in [2.45, 2.75) is 16.3 Å². The topological polar surface area (TPSA) is 90.2 Å². The van der Waals surface area contributed by atoms with Gasteiger partial charge in [-0.05, 0) is 22.6 Å². The van der Waals surface area contributed by atoms with E-state index >= 15 is 0 Å².